The lowest BCUT2D eigenvalue weighted by molar-refractivity contribution is -0.140. The molecule has 1 fully saturated rings. The highest BCUT2D eigenvalue weighted by Crippen LogP contribution is 2.60. The van der Waals surface area contributed by atoms with Crippen molar-refractivity contribution in [1.82, 2.24) is 0 Å². The van der Waals surface area contributed by atoms with Crippen molar-refractivity contribution in [3.05, 3.63) is 29.3 Å². The van der Waals surface area contributed by atoms with Crippen molar-refractivity contribution in [2.24, 2.45) is 5.92 Å². The van der Waals surface area contributed by atoms with Crippen molar-refractivity contribution >= 4 is 17.6 Å². The third kappa shape index (κ3) is 1.52. The van der Waals surface area contributed by atoms with E-state index in [0.29, 0.717) is 6.42 Å². The van der Waals surface area contributed by atoms with E-state index in [1.807, 2.05) is 18.2 Å². The predicted octanol–water partition coefficient (Wildman–Crippen LogP) is 2.28. The topological polar surface area (TPSA) is 66.4 Å². The number of carboxylic acids is 1. The summed E-state index contributed by atoms with van der Waals surface area (Å²) in [6, 6.07) is 5.88. The summed E-state index contributed by atoms with van der Waals surface area (Å²) in [7, 11) is 0. The zero-order chi connectivity index (χ0) is 14.0. The second-order valence-corrected chi connectivity index (χ2v) is 6.53. The van der Waals surface area contributed by atoms with Crippen LogP contribution in [0.2, 0.25) is 0 Å². The van der Waals surface area contributed by atoms with Crippen molar-refractivity contribution in [3.8, 4) is 0 Å². The number of amides is 1. The Morgan fingerprint density at radius 3 is 2.63 bits per heavy atom. The van der Waals surface area contributed by atoms with Crippen LogP contribution in [0.15, 0.2) is 18.2 Å². The lowest BCUT2D eigenvalue weighted by Crippen LogP contribution is -2.24. The lowest BCUT2D eigenvalue weighted by Gasteiger charge is -2.20. The summed E-state index contributed by atoms with van der Waals surface area (Å²) in [5, 5.41) is 12.0. The van der Waals surface area contributed by atoms with Gasteiger partial charge < -0.3 is 10.4 Å². The lowest BCUT2D eigenvalue weighted by atomic mass is 9.83. The highest BCUT2D eigenvalue weighted by atomic mass is 16.4. The van der Waals surface area contributed by atoms with Gasteiger partial charge in [0.05, 0.1) is 11.3 Å². The summed E-state index contributed by atoms with van der Waals surface area (Å²) < 4.78 is 0. The molecule has 2 aliphatic rings. The number of anilines is 1. The van der Waals surface area contributed by atoms with Crippen LogP contribution in [0.25, 0.3) is 0 Å². The molecule has 1 spiro atoms. The van der Waals surface area contributed by atoms with Crippen LogP contribution < -0.4 is 5.32 Å². The Morgan fingerprint density at radius 1 is 1.42 bits per heavy atom. The summed E-state index contributed by atoms with van der Waals surface area (Å²) in [6.07, 6.45) is 0.411. The second-order valence-electron chi connectivity index (χ2n) is 6.53. The molecule has 0 bridgehead atoms. The van der Waals surface area contributed by atoms with Crippen molar-refractivity contribution in [2.45, 2.75) is 38.0 Å². The first kappa shape index (κ1) is 12.2. The van der Waals surface area contributed by atoms with Crippen LogP contribution in [-0.4, -0.2) is 17.0 Å². The molecule has 1 amide bonds. The van der Waals surface area contributed by atoms with Gasteiger partial charge in [-0.15, -0.1) is 0 Å². The maximum atomic E-state index is 12.1. The largest absolute Gasteiger partial charge is 0.481 e. The molecular weight excluding hydrogens is 242 g/mol. The fourth-order valence-corrected chi connectivity index (χ4v) is 2.95. The van der Waals surface area contributed by atoms with Crippen LogP contribution in [0.1, 0.15) is 38.3 Å². The van der Waals surface area contributed by atoms with Gasteiger partial charge in [-0.3, -0.25) is 9.59 Å². The third-order valence-corrected chi connectivity index (χ3v) is 4.28. The Balaban J connectivity index is 2.11. The van der Waals surface area contributed by atoms with Crippen LogP contribution >= 0.6 is 0 Å². The normalized spacial score (nSPS) is 28.2. The van der Waals surface area contributed by atoms with Gasteiger partial charge in [-0.2, -0.15) is 0 Å². The van der Waals surface area contributed by atoms with Crippen molar-refractivity contribution in [2.75, 3.05) is 5.32 Å². The minimum atomic E-state index is -0.885. The molecular formula is C15H17NO3. The zero-order valence-corrected chi connectivity index (χ0v) is 11.3. The molecule has 19 heavy (non-hydrogen) atoms. The van der Waals surface area contributed by atoms with Gasteiger partial charge in [0.25, 0.3) is 0 Å². The van der Waals surface area contributed by atoms with Crippen LogP contribution in [0.5, 0.6) is 0 Å². The standard InChI is InChI=1S/C15H17NO3/c1-14(2,3)8-4-5-11-9(6-8)15(13(19)16-11)7-10(15)12(17)18/h4-6,10H,7H2,1-3H3,(H,16,19)(H,17,18). The minimum Gasteiger partial charge on any atom is -0.481 e. The number of aliphatic carboxylic acids is 1. The molecule has 1 aromatic carbocycles. The molecule has 1 saturated carbocycles. The quantitative estimate of drug-likeness (QED) is 0.813. The summed E-state index contributed by atoms with van der Waals surface area (Å²) >= 11 is 0. The smallest absolute Gasteiger partial charge is 0.307 e. The summed E-state index contributed by atoms with van der Waals surface area (Å²) in [6.45, 7) is 6.31. The van der Waals surface area contributed by atoms with Gasteiger partial charge in [-0.05, 0) is 29.0 Å². The van der Waals surface area contributed by atoms with E-state index in [-0.39, 0.29) is 11.3 Å². The highest BCUT2D eigenvalue weighted by Gasteiger charge is 2.68. The number of nitrogens with one attached hydrogen (secondary N) is 1. The Labute approximate surface area is 111 Å². The Kier molecular flexibility index (Phi) is 2.17. The molecule has 0 aromatic heterocycles. The van der Waals surface area contributed by atoms with Crippen LogP contribution in [0.3, 0.4) is 0 Å². The van der Waals surface area contributed by atoms with Gasteiger partial charge in [0.15, 0.2) is 0 Å². The van der Waals surface area contributed by atoms with Gasteiger partial charge >= 0.3 is 5.97 Å². The van der Waals surface area contributed by atoms with Gasteiger partial charge in [-0.25, -0.2) is 0 Å². The second kappa shape index (κ2) is 3.38. The first-order valence-electron chi connectivity index (χ1n) is 6.46. The van der Waals surface area contributed by atoms with Crippen LogP contribution in [-0.2, 0) is 20.4 Å². The maximum Gasteiger partial charge on any atom is 0.307 e. The van der Waals surface area contributed by atoms with Gasteiger partial charge in [0.2, 0.25) is 5.91 Å². The van der Waals surface area contributed by atoms with Crippen LogP contribution in [0.4, 0.5) is 5.69 Å². The molecule has 1 aliphatic carbocycles. The first-order valence-corrected chi connectivity index (χ1v) is 6.46. The number of hydrogen-bond donors (Lipinski definition) is 2. The molecule has 3 rings (SSSR count). The predicted molar refractivity (Wildman–Crippen MR) is 71.2 cm³/mol. The van der Waals surface area contributed by atoms with E-state index in [9.17, 15) is 14.7 Å². The van der Waals surface area contributed by atoms with Gasteiger partial charge in [0.1, 0.15) is 0 Å². The molecule has 2 N–H and O–H groups in total. The number of carboxylic acid groups (broad SMARTS) is 1. The number of benzene rings is 1. The van der Waals surface area contributed by atoms with Crippen LogP contribution in [0, 0.1) is 5.92 Å². The Bertz CT molecular complexity index is 600. The molecule has 2 atom stereocenters. The first-order chi connectivity index (χ1) is 8.76. The Morgan fingerprint density at radius 2 is 2.11 bits per heavy atom. The van der Waals surface area contributed by atoms with E-state index < -0.39 is 17.3 Å². The number of carbonyl (C=O) groups is 2. The number of hydrogen-bond acceptors (Lipinski definition) is 2. The maximum absolute atomic E-state index is 12.1. The molecule has 100 valence electrons. The molecule has 4 heteroatoms. The SMILES string of the molecule is CC(C)(C)c1ccc2c(c1)C1(CC1C(=O)O)C(=O)N2. The van der Waals surface area contributed by atoms with E-state index in [0.717, 1.165) is 16.8 Å². The van der Waals surface area contributed by atoms with E-state index in [1.54, 1.807) is 0 Å². The number of rotatable bonds is 1. The molecule has 2 unspecified atom stereocenters. The zero-order valence-electron chi connectivity index (χ0n) is 11.3. The van der Waals surface area contributed by atoms with Gasteiger partial charge in [0, 0.05) is 5.69 Å². The third-order valence-electron chi connectivity index (χ3n) is 4.28. The average Bonchev–Trinajstić information content (AvgIpc) is 2.98. The van der Waals surface area contributed by atoms with E-state index in [2.05, 4.69) is 26.1 Å². The fraction of sp³-hybridized carbons (Fsp3) is 0.467. The van der Waals surface area contributed by atoms with Crippen molar-refractivity contribution in [1.29, 1.82) is 0 Å². The Hall–Kier alpha value is -1.84. The fourth-order valence-electron chi connectivity index (χ4n) is 2.95. The monoisotopic (exact) mass is 259 g/mol. The highest BCUT2D eigenvalue weighted by molar-refractivity contribution is 6.12. The number of fused-ring (bicyclic) bond motifs is 2. The minimum absolute atomic E-state index is 0.0184. The molecule has 1 aromatic rings. The molecule has 0 saturated heterocycles. The van der Waals surface area contributed by atoms with E-state index in [1.165, 1.54) is 0 Å². The van der Waals surface area contributed by atoms with Crippen molar-refractivity contribution < 1.29 is 14.7 Å². The number of carbonyl (C=O) groups excluding carboxylic acids is 1. The molecule has 1 heterocycles. The summed E-state index contributed by atoms with van der Waals surface area (Å²) in [5.41, 5.74) is 1.91. The van der Waals surface area contributed by atoms with E-state index >= 15 is 0 Å². The average molecular weight is 259 g/mol. The molecule has 4 nitrogen and oxygen atoms in total. The molecule has 1 aliphatic heterocycles. The summed E-state index contributed by atoms with van der Waals surface area (Å²) in [5.74, 6) is -1.63. The van der Waals surface area contributed by atoms with Crippen molar-refractivity contribution in [3.63, 3.8) is 0 Å². The molecule has 0 radical (unpaired) electrons. The van der Waals surface area contributed by atoms with E-state index in [4.69, 9.17) is 0 Å². The van der Waals surface area contributed by atoms with Gasteiger partial charge in [-0.1, -0.05) is 32.9 Å². The summed E-state index contributed by atoms with van der Waals surface area (Å²) in [4.78, 5) is 23.3.